The Hall–Kier alpha value is 0.374. The maximum atomic E-state index is 9.98. The number of carbonyl (C=O) groups is 2. The Balaban J connectivity index is -0.0000000625. The molecule has 0 saturated heterocycles. The molecule has 0 atom stereocenters. The summed E-state index contributed by atoms with van der Waals surface area (Å²) in [5, 5.41) is 0. The van der Waals surface area contributed by atoms with E-state index < -0.39 is 17.6 Å². The second-order valence-electron chi connectivity index (χ2n) is 3.11. The second kappa shape index (κ2) is 10.5. The van der Waals surface area contributed by atoms with Crippen LogP contribution in [0.25, 0.3) is 0 Å². The summed E-state index contributed by atoms with van der Waals surface area (Å²) in [4.78, 5) is 20.0. The van der Waals surface area contributed by atoms with Crippen LogP contribution in [0.1, 0.15) is 1.43 Å². The normalized spacial score (nSPS) is 8.46. The van der Waals surface area contributed by atoms with E-state index in [2.05, 4.69) is 0 Å². The number of primary amides is 2. The average Bonchev–Trinajstić information content (AvgIpc) is 1.88. The summed E-state index contributed by atoms with van der Waals surface area (Å²) in [7, 11) is -2.21. The molecular formula is C6H19N2NaO2Si2. The van der Waals surface area contributed by atoms with Gasteiger partial charge in [-0.25, -0.2) is 0 Å². The molecule has 4 nitrogen and oxygen atoms in total. The number of hydrogen-bond acceptors (Lipinski definition) is 2. The molecule has 0 aliphatic carbocycles. The fourth-order valence-electron chi connectivity index (χ4n) is 0. The summed E-state index contributed by atoms with van der Waals surface area (Å²) in [5.74, 6) is 0. The summed E-state index contributed by atoms with van der Waals surface area (Å²) < 4.78 is 0. The zero-order valence-corrected chi connectivity index (χ0v) is 13.4. The summed E-state index contributed by atoms with van der Waals surface area (Å²) in [5.41, 5.74) is 9.51. The first-order valence-electron chi connectivity index (χ1n) is 3.87. The first-order chi connectivity index (χ1) is 5.29. The molecule has 0 unspecified atom stereocenters. The fourth-order valence-corrected chi connectivity index (χ4v) is 0. The van der Waals surface area contributed by atoms with Crippen molar-refractivity contribution in [1.29, 1.82) is 0 Å². The maximum Gasteiger partial charge on any atom is 1.00 e. The standard InChI is InChI=1S/2C3H9NOSi.Na.H/c2*1-6(2)3(4)5;;/h2*6H,1-2H3,(H2,4,5);;/q;;+1;-1. The molecule has 0 aliphatic rings. The molecule has 74 valence electrons. The van der Waals surface area contributed by atoms with Gasteiger partial charge in [0, 0.05) is 0 Å². The van der Waals surface area contributed by atoms with Gasteiger partial charge in [-0.15, -0.1) is 0 Å². The van der Waals surface area contributed by atoms with Crippen molar-refractivity contribution >= 4 is 28.7 Å². The van der Waals surface area contributed by atoms with Crippen LogP contribution in [0.2, 0.25) is 26.2 Å². The van der Waals surface area contributed by atoms with Crippen LogP contribution in [0.5, 0.6) is 0 Å². The van der Waals surface area contributed by atoms with Gasteiger partial charge in [-0.05, 0) is 0 Å². The van der Waals surface area contributed by atoms with Crippen molar-refractivity contribution in [2.24, 2.45) is 11.5 Å². The van der Waals surface area contributed by atoms with Crippen LogP contribution < -0.4 is 41.0 Å². The zero-order valence-electron chi connectivity index (χ0n) is 10.1. The molecule has 0 aliphatic heterocycles. The summed E-state index contributed by atoms with van der Waals surface area (Å²) >= 11 is 0. The fraction of sp³-hybridized carbons (Fsp3) is 0.667. The monoisotopic (exact) mass is 230 g/mol. The minimum atomic E-state index is -1.10. The van der Waals surface area contributed by atoms with Gasteiger partial charge in [-0.3, -0.25) is 9.59 Å². The average molecular weight is 230 g/mol. The number of carbonyl (C=O) groups excluding carboxylic acids is 2. The smallest absolute Gasteiger partial charge is 1.00 e. The van der Waals surface area contributed by atoms with Crippen LogP contribution in [0.4, 0.5) is 9.59 Å². The van der Waals surface area contributed by atoms with Crippen molar-refractivity contribution in [3.05, 3.63) is 0 Å². The van der Waals surface area contributed by atoms with Crippen molar-refractivity contribution in [3.8, 4) is 0 Å². The molecule has 0 saturated carbocycles. The number of nitrogens with two attached hydrogens (primary N) is 2. The Kier molecular flexibility index (Phi) is 15.3. The topological polar surface area (TPSA) is 86.2 Å². The molecule has 4 N–H and O–H groups in total. The van der Waals surface area contributed by atoms with E-state index in [0.717, 1.165) is 0 Å². The Morgan fingerprint density at radius 1 is 0.923 bits per heavy atom. The Bertz CT molecular complexity index is 152. The van der Waals surface area contributed by atoms with Crippen LogP contribution in [0.15, 0.2) is 0 Å². The molecule has 13 heavy (non-hydrogen) atoms. The quantitative estimate of drug-likeness (QED) is 0.509. The van der Waals surface area contributed by atoms with Gasteiger partial charge in [0.25, 0.3) is 0 Å². The summed E-state index contributed by atoms with van der Waals surface area (Å²) in [6, 6.07) is 0. The van der Waals surface area contributed by atoms with E-state index in [1.807, 2.05) is 26.2 Å². The van der Waals surface area contributed by atoms with Crippen molar-refractivity contribution in [2.75, 3.05) is 0 Å². The molecule has 0 radical (unpaired) electrons. The van der Waals surface area contributed by atoms with Crippen molar-refractivity contribution < 1.29 is 40.6 Å². The third kappa shape index (κ3) is 19.0. The minimum absolute atomic E-state index is 0. The van der Waals surface area contributed by atoms with Gasteiger partial charge in [0.15, 0.2) is 11.1 Å². The molecule has 0 bridgehead atoms. The molecule has 0 aromatic heterocycles. The van der Waals surface area contributed by atoms with E-state index in [0.29, 0.717) is 0 Å². The van der Waals surface area contributed by atoms with E-state index in [-0.39, 0.29) is 42.0 Å². The Morgan fingerprint density at radius 2 is 1.00 bits per heavy atom. The van der Waals surface area contributed by atoms with Crippen molar-refractivity contribution in [2.45, 2.75) is 26.2 Å². The Labute approximate surface area is 106 Å². The van der Waals surface area contributed by atoms with Gasteiger partial charge in [0.05, 0.1) is 0 Å². The SMILES string of the molecule is C[SiH](C)C(N)=O.C[SiH](C)C(N)=O.[H-].[Na+]. The van der Waals surface area contributed by atoms with Crippen molar-refractivity contribution in [1.82, 2.24) is 0 Å². The van der Waals surface area contributed by atoms with Crippen LogP contribution in [-0.2, 0) is 0 Å². The summed E-state index contributed by atoms with van der Waals surface area (Å²) in [6.07, 6.45) is 0. The molecule has 0 aromatic carbocycles. The van der Waals surface area contributed by atoms with Crippen molar-refractivity contribution in [3.63, 3.8) is 0 Å². The number of amides is 2. The van der Waals surface area contributed by atoms with Gasteiger partial charge in [-0.2, -0.15) is 0 Å². The molecule has 7 heteroatoms. The molecule has 0 fully saturated rings. The predicted molar refractivity (Wildman–Crippen MR) is 58.0 cm³/mol. The van der Waals surface area contributed by atoms with E-state index in [9.17, 15) is 9.59 Å². The molecule has 2 amide bonds. The largest absolute Gasteiger partial charge is 1.00 e. The van der Waals surface area contributed by atoms with Gasteiger partial charge >= 0.3 is 29.6 Å². The Morgan fingerprint density at radius 3 is 1.00 bits per heavy atom. The van der Waals surface area contributed by atoms with Crippen LogP contribution in [0.3, 0.4) is 0 Å². The zero-order chi connectivity index (χ0) is 10.3. The third-order valence-electron chi connectivity index (χ3n) is 1.14. The molecule has 0 heterocycles. The number of rotatable bonds is 2. The first kappa shape index (κ1) is 19.0. The molecule has 0 spiro atoms. The van der Waals surface area contributed by atoms with Crippen LogP contribution >= 0.6 is 0 Å². The summed E-state index contributed by atoms with van der Waals surface area (Å²) in [6.45, 7) is 7.62. The third-order valence-corrected chi connectivity index (χ3v) is 3.41. The van der Waals surface area contributed by atoms with E-state index in [4.69, 9.17) is 11.5 Å². The van der Waals surface area contributed by atoms with Gasteiger partial charge in [-0.1, -0.05) is 26.2 Å². The minimum Gasteiger partial charge on any atom is -1.00 e. The van der Waals surface area contributed by atoms with E-state index in [1.54, 1.807) is 0 Å². The van der Waals surface area contributed by atoms with Gasteiger partial charge in [0.1, 0.15) is 17.6 Å². The first-order valence-corrected chi connectivity index (χ1v) is 9.65. The maximum absolute atomic E-state index is 9.98. The number of hydrogen-bond donors (Lipinski definition) is 2. The molecule has 0 rings (SSSR count). The van der Waals surface area contributed by atoms with Gasteiger partial charge in [0.2, 0.25) is 0 Å². The van der Waals surface area contributed by atoms with E-state index >= 15 is 0 Å². The van der Waals surface area contributed by atoms with Crippen LogP contribution in [-0.4, -0.2) is 28.7 Å². The molecular weight excluding hydrogens is 211 g/mol. The van der Waals surface area contributed by atoms with Gasteiger partial charge < -0.3 is 12.9 Å². The second-order valence-corrected chi connectivity index (χ2v) is 8.87. The van der Waals surface area contributed by atoms with Crippen LogP contribution in [0, 0.1) is 0 Å². The van der Waals surface area contributed by atoms with E-state index in [1.165, 1.54) is 0 Å². The molecule has 0 aromatic rings. The predicted octanol–water partition coefficient (Wildman–Crippen LogP) is -2.62.